The monoisotopic (exact) mass is 293 g/mol. The minimum absolute atomic E-state index is 0.0342. The predicted octanol–water partition coefficient (Wildman–Crippen LogP) is 1.89. The van der Waals surface area contributed by atoms with Crippen LogP contribution in [0, 0.1) is 6.92 Å². The SMILES string of the molecule is CCOC(=O)c1c(C)oc2ncnc(N[C@@H](CC)CO)c12. The lowest BCUT2D eigenvalue weighted by atomic mass is 10.1. The molecule has 0 fully saturated rings. The van der Waals surface area contributed by atoms with E-state index in [0.29, 0.717) is 34.7 Å². The van der Waals surface area contributed by atoms with Crippen LogP contribution in [0.25, 0.3) is 11.1 Å². The molecule has 0 spiro atoms. The molecule has 2 N–H and O–H groups in total. The Morgan fingerprint density at radius 1 is 1.48 bits per heavy atom. The number of esters is 1. The van der Waals surface area contributed by atoms with E-state index in [1.165, 1.54) is 6.33 Å². The van der Waals surface area contributed by atoms with Crippen LogP contribution in [0.15, 0.2) is 10.7 Å². The van der Waals surface area contributed by atoms with Crippen molar-refractivity contribution in [2.24, 2.45) is 0 Å². The van der Waals surface area contributed by atoms with Gasteiger partial charge >= 0.3 is 5.97 Å². The molecule has 0 saturated heterocycles. The fraction of sp³-hybridized carbons (Fsp3) is 0.500. The van der Waals surface area contributed by atoms with Gasteiger partial charge in [-0.3, -0.25) is 0 Å². The summed E-state index contributed by atoms with van der Waals surface area (Å²) in [5.41, 5.74) is 0.642. The Hall–Kier alpha value is -2.15. The van der Waals surface area contributed by atoms with Crippen molar-refractivity contribution in [2.75, 3.05) is 18.5 Å². The topological polar surface area (TPSA) is 97.5 Å². The van der Waals surface area contributed by atoms with E-state index in [1.54, 1.807) is 13.8 Å². The van der Waals surface area contributed by atoms with Crippen LogP contribution in [0.5, 0.6) is 0 Å². The van der Waals surface area contributed by atoms with Crippen molar-refractivity contribution >= 4 is 22.9 Å². The summed E-state index contributed by atoms with van der Waals surface area (Å²) >= 11 is 0. The number of hydrogen-bond donors (Lipinski definition) is 2. The first-order valence-electron chi connectivity index (χ1n) is 6.90. The first-order valence-corrected chi connectivity index (χ1v) is 6.90. The molecule has 2 aromatic rings. The van der Waals surface area contributed by atoms with Crippen LogP contribution < -0.4 is 5.32 Å². The number of nitrogens with zero attached hydrogens (tertiary/aromatic N) is 2. The molecule has 7 nitrogen and oxygen atoms in total. The Balaban J connectivity index is 2.53. The molecule has 0 aliphatic heterocycles. The molecule has 0 saturated carbocycles. The molecule has 7 heteroatoms. The first-order chi connectivity index (χ1) is 10.1. The summed E-state index contributed by atoms with van der Waals surface area (Å²) in [6.45, 7) is 5.60. The molecular weight excluding hydrogens is 274 g/mol. The number of aryl methyl sites for hydroxylation is 1. The number of aromatic nitrogens is 2. The minimum atomic E-state index is -0.469. The molecular formula is C14H19N3O4. The average molecular weight is 293 g/mol. The number of furan rings is 1. The van der Waals surface area contributed by atoms with Gasteiger partial charge in [-0.05, 0) is 20.3 Å². The van der Waals surface area contributed by atoms with E-state index in [0.717, 1.165) is 0 Å². The summed E-state index contributed by atoms with van der Waals surface area (Å²) in [7, 11) is 0. The molecule has 0 aromatic carbocycles. The van der Waals surface area contributed by atoms with Gasteiger partial charge in [-0.2, -0.15) is 0 Å². The lowest BCUT2D eigenvalue weighted by molar-refractivity contribution is 0.0526. The zero-order chi connectivity index (χ0) is 15.4. The normalized spacial score (nSPS) is 12.4. The highest BCUT2D eigenvalue weighted by atomic mass is 16.5. The van der Waals surface area contributed by atoms with Crippen LogP contribution in [0.4, 0.5) is 5.82 Å². The number of ether oxygens (including phenoxy) is 1. The number of nitrogens with one attached hydrogen (secondary N) is 1. The molecule has 0 bridgehead atoms. The maximum Gasteiger partial charge on any atom is 0.342 e. The zero-order valence-electron chi connectivity index (χ0n) is 12.3. The molecule has 0 unspecified atom stereocenters. The fourth-order valence-corrected chi connectivity index (χ4v) is 2.07. The summed E-state index contributed by atoms with van der Waals surface area (Å²) in [6, 6.07) is -0.159. The zero-order valence-corrected chi connectivity index (χ0v) is 12.3. The Kier molecular flexibility index (Phi) is 4.74. The minimum Gasteiger partial charge on any atom is -0.462 e. The number of carbonyl (C=O) groups excluding carboxylic acids is 1. The molecule has 0 aliphatic rings. The average Bonchev–Trinajstić information content (AvgIpc) is 2.81. The molecule has 0 amide bonds. The highest BCUT2D eigenvalue weighted by Crippen LogP contribution is 2.30. The standard InChI is InChI=1S/C14H19N3O4/c1-4-9(6-18)17-12-11-10(14(19)20-5-2)8(3)21-13(11)16-7-15-12/h7,9,18H,4-6H2,1-3H3,(H,15,16,17)/t9-/m0/s1. The number of fused-ring (bicyclic) bond motifs is 1. The molecule has 0 radical (unpaired) electrons. The number of hydrogen-bond acceptors (Lipinski definition) is 7. The maximum atomic E-state index is 12.1. The number of carbonyl (C=O) groups is 1. The van der Waals surface area contributed by atoms with E-state index in [9.17, 15) is 9.90 Å². The maximum absolute atomic E-state index is 12.1. The van der Waals surface area contributed by atoms with Crippen LogP contribution in [0.3, 0.4) is 0 Å². The van der Waals surface area contributed by atoms with E-state index in [-0.39, 0.29) is 19.3 Å². The smallest absolute Gasteiger partial charge is 0.342 e. The summed E-state index contributed by atoms with van der Waals surface area (Å²) in [6.07, 6.45) is 2.07. The van der Waals surface area contributed by atoms with Crippen molar-refractivity contribution in [1.29, 1.82) is 0 Å². The van der Waals surface area contributed by atoms with Gasteiger partial charge in [0.2, 0.25) is 5.71 Å². The van der Waals surface area contributed by atoms with Crippen molar-refractivity contribution in [1.82, 2.24) is 9.97 Å². The van der Waals surface area contributed by atoms with Gasteiger partial charge in [0.1, 0.15) is 23.5 Å². The Morgan fingerprint density at radius 2 is 2.24 bits per heavy atom. The van der Waals surface area contributed by atoms with Gasteiger partial charge in [-0.25, -0.2) is 14.8 Å². The third-order valence-electron chi connectivity index (χ3n) is 3.20. The van der Waals surface area contributed by atoms with Gasteiger partial charge < -0.3 is 19.6 Å². The van der Waals surface area contributed by atoms with E-state index in [1.807, 2.05) is 6.92 Å². The van der Waals surface area contributed by atoms with E-state index >= 15 is 0 Å². The Labute approximate surface area is 122 Å². The van der Waals surface area contributed by atoms with Gasteiger partial charge in [-0.1, -0.05) is 6.92 Å². The molecule has 2 rings (SSSR count). The molecule has 0 aliphatic carbocycles. The molecule has 2 aromatic heterocycles. The first kappa shape index (κ1) is 15.2. The van der Waals surface area contributed by atoms with Crippen molar-refractivity contribution < 1.29 is 19.1 Å². The van der Waals surface area contributed by atoms with Crippen molar-refractivity contribution in [2.45, 2.75) is 33.2 Å². The highest BCUT2D eigenvalue weighted by Gasteiger charge is 2.24. The fourth-order valence-electron chi connectivity index (χ4n) is 2.07. The van der Waals surface area contributed by atoms with Crippen molar-refractivity contribution in [3.8, 4) is 0 Å². The van der Waals surface area contributed by atoms with Gasteiger partial charge in [0, 0.05) is 0 Å². The predicted molar refractivity (Wildman–Crippen MR) is 77.3 cm³/mol. The van der Waals surface area contributed by atoms with Gasteiger partial charge in [0.25, 0.3) is 0 Å². The number of anilines is 1. The van der Waals surface area contributed by atoms with E-state index in [2.05, 4.69) is 15.3 Å². The molecule has 2 heterocycles. The number of aliphatic hydroxyl groups excluding tert-OH is 1. The molecule has 114 valence electrons. The second-order valence-corrected chi connectivity index (χ2v) is 4.59. The van der Waals surface area contributed by atoms with Gasteiger partial charge in [0.05, 0.1) is 24.6 Å². The molecule has 1 atom stereocenters. The second-order valence-electron chi connectivity index (χ2n) is 4.59. The summed E-state index contributed by atoms with van der Waals surface area (Å²) < 4.78 is 10.6. The lowest BCUT2D eigenvalue weighted by Gasteiger charge is -2.15. The third-order valence-corrected chi connectivity index (χ3v) is 3.20. The van der Waals surface area contributed by atoms with Crippen LogP contribution in [0.1, 0.15) is 36.4 Å². The number of rotatable bonds is 6. The molecule has 21 heavy (non-hydrogen) atoms. The van der Waals surface area contributed by atoms with E-state index < -0.39 is 5.97 Å². The largest absolute Gasteiger partial charge is 0.462 e. The Bertz CT molecular complexity index is 634. The third kappa shape index (κ3) is 2.97. The van der Waals surface area contributed by atoms with Crippen molar-refractivity contribution in [3.05, 3.63) is 17.7 Å². The summed E-state index contributed by atoms with van der Waals surface area (Å²) in [5.74, 6) is 0.425. The second kappa shape index (κ2) is 6.53. The van der Waals surface area contributed by atoms with Crippen LogP contribution in [0.2, 0.25) is 0 Å². The van der Waals surface area contributed by atoms with Crippen LogP contribution in [-0.4, -0.2) is 40.3 Å². The van der Waals surface area contributed by atoms with Gasteiger partial charge in [-0.15, -0.1) is 0 Å². The lowest BCUT2D eigenvalue weighted by Crippen LogP contribution is -2.23. The number of aliphatic hydroxyl groups is 1. The van der Waals surface area contributed by atoms with Crippen LogP contribution in [-0.2, 0) is 4.74 Å². The van der Waals surface area contributed by atoms with E-state index in [4.69, 9.17) is 9.15 Å². The quantitative estimate of drug-likeness (QED) is 0.785. The summed E-state index contributed by atoms with van der Waals surface area (Å²) in [4.78, 5) is 20.3. The van der Waals surface area contributed by atoms with Crippen molar-refractivity contribution in [3.63, 3.8) is 0 Å². The summed E-state index contributed by atoms with van der Waals surface area (Å²) in [5, 5.41) is 12.9. The van der Waals surface area contributed by atoms with Gasteiger partial charge in [0.15, 0.2) is 0 Å². The Morgan fingerprint density at radius 3 is 2.86 bits per heavy atom. The highest BCUT2D eigenvalue weighted by molar-refractivity contribution is 6.07. The van der Waals surface area contributed by atoms with Crippen LogP contribution >= 0.6 is 0 Å².